The molecule has 0 radical (unpaired) electrons. The van der Waals surface area contributed by atoms with Gasteiger partial charge >= 0.3 is 0 Å². The standard InChI is InChI=1S/C16H14ClNO3/c1-8-14-12(18-15(8)16(20)21)6-10(7-13(14)19)9-2-4-11(17)5-3-9/h2-5,10,18H,6-7H2,1H3,(H,20,21)/p-1. The van der Waals surface area contributed by atoms with E-state index < -0.39 is 5.97 Å². The Bertz CT molecular complexity index is 731. The van der Waals surface area contributed by atoms with Crippen molar-refractivity contribution in [2.75, 3.05) is 0 Å². The lowest BCUT2D eigenvalue weighted by Crippen LogP contribution is -2.23. The zero-order chi connectivity index (χ0) is 15.1. The van der Waals surface area contributed by atoms with E-state index >= 15 is 0 Å². The van der Waals surface area contributed by atoms with Crippen LogP contribution in [0.5, 0.6) is 0 Å². The second kappa shape index (κ2) is 5.04. The molecule has 0 fully saturated rings. The van der Waals surface area contributed by atoms with Gasteiger partial charge in [-0.1, -0.05) is 23.7 Å². The zero-order valence-electron chi connectivity index (χ0n) is 11.4. The average molecular weight is 303 g/mol. The minimum Gasteiger partial charge on any atom is -0.543 e. The molecule has 21 heavy (non-hydrogen) atoms. The van der Waals surface area contributed by atoms with Crippen LogP contribution in [0.1, 0.15) is 50.0 Å². The molecular formula is C16H13ClNO3-. The van der Waals surface area contributed by atoms with Crippen molar-refractivity contribution in [1.29, 1.82) is 0 Å². The van der Waals surface area contributed by atoms with Crippen molar-refractivity contribution in [3.05, 3.63) is 57.4 Å². The fourth-order valence-electron chi connectivity index (χ4n) is 3.01. The smallest absolute Gasteiger partial charge is 0.165 e. The number of nitrogens with one attached hydrogen (secondary N) is 1. The zero-order valence-corrected chi connectivity index (χ0v) is 12.2. The molecule has 1 N–H and O–H groups in total. The number of aromatic carboxylic acids is 1. The summed E-state index contributed by atoms with van der Waals surface area (Å²) in [7, 11) is 0. The molecule has 0 saturated carbocycles. The number of aromatic amines is 1. The van der Waals surface area contributed by atoms with Crippen LogP contribution in [-0.4, -0.2) is 16.7 Å². The van der Waals surface area contributed by atoms with E-state index in [0.717, 1.165) is 5.56 Å². The number of H-pyrrole nitrogens is 1. The van der Waals surface area contributed by atoms with Crippen LogP contribution < -0.4 is 5.11 Å². The molecule has 1 aliphatic carbocycles. The van der Waals surface area contributed by atoms with Crippen LogP contribution in [0.3, 0.4) is 0 Å². The molecule has 4 nitrogen and oxygen atoms in total. The lowest BCUT2D eigenvalue weighted by Gasteiger charge is -2.22. The summed E-state index contributed by atoms with van der Waals surface area (Å²) >= 11 is 5.87. The largest absolute Gasteiger partial charge is 0.543 e. The molecule has 1 aromatic carbocycles. The number of hydrogen-bond acceptors (Lipinski definition) is 3. The van der Waals surface area contributed by atoms with E-state index in [1.807, 2.05) is 12.1 Å². The summed E-state index contributed by atoms with van der Waals surface area (Å²) in [6.07, 6.45) is 0.983. The van der Waals surface area contributed by atoms with Crippen molar-refractivity contribution in [1.82, 2.24) is 4.98 Å². The predicted molar refractivity (Wildman–Crippen MR) is 76.7 cm³/mol. The van der Waals surface area contributed by atoms with Gasteiger partial charge in [-0.25, -0.2) is 0 Å². The van der Waals surface area contributed by atoms with E-state index in [9.17, 15) is 14.7 Å². The molecule has 1 aliphatic rings. The molecule has 0 aliphatic heterocycles. The summed E-state index contributed by atoms with van der Waals surface area (Å²) in [6.45, 7) is 1.64. The van der Waals surface area contributed by atoms with Gasteiger partial charge in [-0.3, -0.25) is 4.79 Å². The molecule has 1 aromatic heterocycles. The van der Waals surface area contributed by atoms with Gasteiger partial charge in [0.1, 0.15) is 0 Å². The lowest BCUT2D eigenvalue weighted by molar-refractivity contribution is -0.255. The van der Waals surface area contributed by atoms with Gasteiger partial charge in [-0.05, 0) is 42.5 Å². The van der Waals surface area contributed by atoms with Crippen LogP contribution in [0.15, 0.2) is 24.3 Å². The highest BCUT2D eigenvalue weighted by Crippen LogP contribution is 2.35. The van der Waals surface area contributed by atoms with Gasteiger partial charge < -0.3 is 14.9 Å². The van der Waals surface area contributed by atoms with Crippen LogP contribution in [0.25, 0.3) is 0 Å². The summed E-state index contributed by atoms with van der Waals surface area (Å²) in [6, 6.07) is 7.40. The third-order valence-corrected chi connectivity index (χ3v) is 4.29. The van der Waals surface area contributed by atoms with Gasteiger partial charge in [-0.2, -0.15) is 0 Å². The van der Waals surface area contributed by atoms with Crippen molar-refractivity contribution in [3.63, 3.8) is 0 Å². The Morgan fingerprint density at radius 3 is 2.57 bits per heavy atom. The Labute approximate surface area is 126 Å². The number of carboxylic acid groups (broad SMARTS) is 1. The first kappa shape index (κ1) is 13.9. The first-order valence-electron chi connectivity index (χ1n) is 6.69. The second-order valence-electron chi connectivity index (χ2n) is 5.35. The monoisotopic (exact) mass is 302 g/mol. The summed E-state index contributed by atoms with van der Waals surface area (Å²) in [5, 5.41) is 11.7. The summed E-state index contributed by atoms with van der Waals surface area (Å²) in [5.74, 6) is -1.27. The molecule has 1 heterocycles. The summed E-state index contributed by atoms with van der Waals surface area (Å²) < 4.78 is 0. The van der Waals surface area contributed by atoms with Crippen molar-refractivity contribution < 1.29 is 14.7 Å². The third kappa shape index (κ3) is 2.36. The van der Waals surface area contributed by atoms with E-state index in [4.69, 9.17) is 11.6 Å². The first-order chi connectivity index (χ1) is 9.97. The van der Waals surface area contributed by atoms with Crippen molar-refractivity contribution >= 4 is 23.4 Å². The molecule has 3 rings (SSSR count). The van der Waals surface area contributed by atoms with Gasteiger partial charge in [0.2, 0.25) is 0 Å². The fraction of sp³-hybridized carbons (Fsp3) is 0.250. The number of carbonyl (C=O) groups excluding carboxylic acids is 2. The Morgan fingerprint density at radius 1 is 1.29 bits per heavy atom. The highest BCUT2D eigenvalue weighted by molar-refractivity contribution is 6.30. The molecule has 0 amide bonds. The minimum atomic E-state index is -1.28. The van der Waals surface area contributed by atoms with Crippen LogP contribution in [0.4, 0.5) is 0 Å². The average Bonchev–Trinajstić information content (AvgIpc) is 2.77. The van der Waals surface area contributed by atoms with Crippen LogP contribution in [-0.2, 0) is 6.42 Å². The highest BCUT2D eigenvalue weighted by Gasteiger charge is 2.30. The molecule has 2 aromatic rings. The normalized spacial score (nSPS) is 17.6. The number of ketones is 1. The van der Waals surface area contributed by atoms with Gasteiger partial charge in [-0.15, -0.1) is 0 Å². The lowest BCUT2D eigenvalue weighted by atomic mass is 9.81. The Morgan fingerprint density at radius 2 is 1.95 bits per heavy atom. The van der Waals surface area contributed by atoms with Crippen molar-refractivity contribution in [2.45, 2.75) is 25.7 Å². The molecule has 1 atom stereocenters. The number of fused-ring (bicyclic) bond motifs is 1. The van der Waals surface area contributed by atoms with Crippen LogP contribution >= 0.6 is 11.6 Å². The summed E-state index contributed by atoms with van der Waals surface area (Å²) in [4.78, 5) is 26.2. The Kier molecular flexibility index (Phi) is 3.33. The van der Waals surface area contributed by atoms with E-state index in [1.54, 1.807) is 19.1 Å². The number of carbonyl (C=O) groups is 2. The van der Waals surface area contributed by atoms with E-state index in [0.29, 0.717) is 34.7 Å². The minimum absolute atomic E-state index is 0.00473. The van der Waals surface area contributed by atoms with E-state index in [1.165, 1.54) is 0 Å². The molecule has 108 valence electrons. The summed E-state index contributed by atoms with van der Waals surface area (Å²) in [5.41, 5.74) is 2.71. The second-order valence-corrected chi connectivity index (χ2v) is 5.78. The quantitative estimate of drug-likeness (QED) is 0.924. The number of Topliss-reactive ketones (excluding diaryl/α,β-unsaturated/α-hetero) is 1. The van der Waals surface area contributed by atoms with E-state index in [-0.39, 0.29) is 17.4 Å². The molecular weight excluding hydrogens is 290 g/mol. The maximum Gasteiger partial charge on any atom is 0.165 e. The Hall–Kier alpha value is -2.07. The van der Waals surface area contributed by atoms with Crippen molar-refractivity contribution in [2.24, 2.45) is 0 Å². The topological polar surface area (TPSA) is 73.0 Å². The maximum absolute atomic E-state index is 12.3. The molecule has 0 spiro atoms. The first-order valence-corrected chi connectivity index (χ1v) is 7.06. The van der Waals surface area contributed by atoms with Crippen LogP contribution in [0, 0.1) is 6.92 Å². The molecule has 1 unspecified atom stereocenters. The predicted octanol–water partition coefficient (Wildman–Crippen LogP) is 2.25. The van der Waals surface area contributed by atoms with Gasteiger partial charge in [0, 0.05) is 22.7 Å². The number of carboxylic acids is 1. The van der Waals surface area contributed by atoms with Gasteiger partial charge in [0.25, 0.3) is 0 Å². The van der Waals surface area contributed by atoms with Gasteiger partial charge in [0.15, 0.2) is 5.78 Å². The van der Waals surface area contributed by atoms with E-state index in [2.05, 4.69) is 4.98 Å². The fourth-order valence-corrected chi connectivity index (χ4v) is 3.13. The number of aromatic nitrogens is 1. The molecule has 0 bridgehead atoms. The molecule has 5 heteroatoms. The maximum atomic E-state index is 12.3. The third-order valence-electron chi connectivity index (χ3n) is 4.03. The SMILES string of the molecule is Cc1c(C(=O)[O-])[nH]c2c1C(=O)CC(c1ccc(Cl)cc1)C2. The van der Waals surface area contributed by atoms with Crippen molar-refractivity contribution in [3.8, 4) is 0 Å². The Balaban J connectivity index is 1.99. The number of halogens is 1. The van der Waals surface area contributed by atoms with Gasteiger partial charge in [0.05, 0.1) is 11.7 Å². The number of hydrogen-bond donors (Lipinski definition) is 1. The molecule has 0 saturated heterocycles. The number of benzene rings is 1. The highest BCUT2D eigenvalue weighted by atomic mass is 35.5. The van der Waals surface area contributed by atoms with Crippen LogP contribution in [0.2, 0.25) is 5.02 Å². The number of rotatable bonds is 2.